The highest BCUT2D eigenvalue weighted by Crippen LogP contribution is 2.44. The van der Waals surface area contributed by atoms with Gasteiger partial charge in [-0.2, -0.15) is 0 Å². The molecule has 0 aliphatic carbocycles. The zero-order chi connectivity index (χ0) is 27.7. The highest BCUT2D eigenvalue weighted by Gasteiger charge is 2.34. The zero-order valence-electron chi connectivity index (χ0n) is 21.3. The summed E-state index contributed by atoms with van der Waals surface area (Å²) in [5.41, 5.74) is 0.436. The van der Waals surface area contributed by atoms with Gasteiger partial charge < -0.3 is 43.8 Å². The summed E-state index contributed by atoms with van der Waals surface area (Å²) in [6.45, 7) is 1.91. The Labute approximate surface area is 223 Å². The molecule has 10 nitrogen and oxygen atoms in total. The zero-order valence-corrected chi connectivity index (χ0v) is 21.3. The number of hydrogen-bond acceptors (Lipinski definition) is 10. The number of aliphatic hydroxyl groups excluding tert-OH is 1. The number of aromatic hydroxyl groups is 3. The summed E-state index contributed by atoms with van der Waals surface area (Å²) >= 11 is 0. The topological polar surface area (TPSA) is 148 Å². The van der Waals surface area contributed by atoms with Gasteiger partial charge in [0.2, 0.25) is 11.2 Å². The first-order valence-corrected chi connectivity index (χ1v) is 12.5. The summed E-state index contributed by atoms with van der Waals surface area (Å²) in [7, 11) is 1.43. The third kappa shape index (κ3) is 4.86. The summed E-state index contributed by atoms with van der Waals surface area (Å²) in [5.74, 6) is 0.203. The van der Waals surface area contributed by atoms with Crippen molar-refractivity contribution in [2.75, 3.05) is 20.3 Å². The fourth-order valence-electron chi connectivity index (χ4n) is 4.47. The van der Waals surface area contributed by atoms with Crippen molar-refractivity contribution in [1.82, 2.24) is 0 Å². The van der Waals surface area contributed by atoms with Gasteiger partial charge in [-0.25, -0.2) is 0 Å². The molecule has 39 heavy (non-hydrogen) atoms. The minimum atomic E-state index is -0.745. The van der Waals surface area contributed by atoms with Crippen LogP contribution in [-0.4, -0.2) is 46.9 Å². The molecule has 1 aliphatic heterocycles. The number of benzene rings is 3. The lowest BCUT2D eigenvalue weighted by atomic mass is 10.0. The van der Waals surface area contributed by atoms with Gasteiger partial charge in [0, 0.05) is 23.3 Å². The summed E-state index contributed by atoms with van der Waals surface area (Å²) in [5, 5.41) is 40.2. The van der Waals surface area contributed by atoms with Gasteiger partial charge in [-0.05, 0) is 36.8 Å². The number of hydrogen-bond donors (Lipinski definition) is 4. The molecule has 0 fully saturated rings. The minimum Gasteiger partial charge on any atom is -0.508 e. The lowest BCUT2D eigenvalue weighted by Crippen LogP contribution is -2.36. The van der Waals surface area contributed by atoms with Gasteiger partial charge >= 0.3 is 0 Å². The van der Waals surface area contributed by atoms with Crippen LogP contribution in [0.15, 0.2) is 57.7 Å². The van der Waals surface area contributed by atoms with Gasteiger partial charge in [0.05, 0.1) is 20.3 Å². The molecule has 204 valence electrons. The van der Waals surface area contributed by atoms with E-state index in [0.717, 1.165) is 12.5 Å². The van der Waals surface area contributed by atoms with Gasteiger partial charge in [-0.15, -0.1) is 0 Å². The van der Waals surface area contributed by atoms with Gasteiger partial charge in [0.25, 0.3) is 0 Å². The van der Waals surface area contributed by atoms with E-state index in [0.29, 0.717) is 29.0 Å². The summed E-state index contributed by atoms with van der Waals surface area (Å²) in [6.07, 6.45) is 0.0485. The maximum absolute atomic E-state index is 13.4. The monoisotopic (exact) mass is 536 g/mol. The SMILES string of the molecule is CCCCOc1c(-c2ccc3c(c2)OC(c2ccc(O)c(OC)c2)C(CO)O3)oc2cc(O)cc(O)c2c1=O. The third-order valence-electron chi connectivity index (χ3n) is 6.45. The average Bonchev–Trinajstić information content (AvgIpc) is 2.93. The molecule has 10 heteroatoms. The van der Waals surface area contributed by atoms with Crippen LogP contribution in [0.2, 0.25) is 0 Å². The van der Waals surface area contributed by atoms with Gasteiger partial charge in [-0.3, -0.25) is 4.79 Å². The Hall–Kier alpha value is -4.57. The number of ether oxygens (including phenoxy) is 4. The number of phenolic OH excluding ortho intramolecular Hbond substituents is 3. The Morgan fingerprint density at radius 3 is 2.51 bits per heavy atom. The molecule has 4 N–H and O–H groups in total. The van der Waals surface area contributed by atoms with Crippen LogP contribution < -0.4 is 24.4 Å². The highest BCUT2D eigenvalue weighted by molar-refractivity contribution is 5.88. The number of methoxy groups -OCH3 is 1. The first kappa shape index (κ1) is 26.1. The van der Waals surface area contributed by atoms with E-state index >= 15 is 0 Å². The van der Waals surface area contributed by atoms with E-state index < -0.39 is 23.4 Å². The second kappa shape index (κ2) is 10.7. The maximum atomic E-state index is 13.4. The average molecular weight is 537 g/mol. The van der Waals surface area contributed by atoms with Crippen molar-refractivity contribution in [2.24, 2.45) is 0 Å². The molecular weight excluding hydrogens is 508 g/mol. The molecule has 2 atom stereocenters. The molecule has 2 heterocycles. The Kier molecular flexibility index (Phi) is 7.12. The molecule has 1 aliphatic rings. The predicted octanol–water partition coefficient (Wildman–Crippen LogP) is 4.64. The molecule has 0 bridgehead atoms. The number of aliphatic hydroxyl groups is 1. The van der Waals surface area contributed by atoms with Crippen LogP contribution in [0.3, 0.4) is 0 Å². The van der Waals surface area contributed by atoms with E-state index in [4.69, 9.17) is 23.4 Å². The van der Waals surface area contributed by atoms with Crippen molar-refractivity contribution in [3.63, 3.8) is 0 Å². The normalized spacial score (nSPS) is 16.3. The molecule has 0 amide bonds. The molecule has 0 radical (unpaired) electrons. The molecule has 0 saturated heterocycles. The van der Waals surface area contributed by atoms with Crippen molar-refractivity contribution in [3.05, 3.63) is 64.3 Å². The summed E-state index contributed by atoms with van der Waals surface area (Å²) in [6, 6.07) is 11.9. The van der Waals surface area contributed by atoms with Gasteiger partial charge in [0.1, 0.15) is 22.5 Å². The standard InChI is InChI=1S/C29H28O10/c1-3-4-9-36-29-26(34)25-19(33)12-17(31)13-23(25)39-28(29)16-6-8-20-22(11-16)38-27(24(14-30)37-20)15-5-7-18(32)21(10-15)35-2/h5-8,10-13,24,27,30-33H,3-4,9,14H2,1-2H3. The van der Waals surface area contributed by atoms with E-state index in [2.05, 4.69) is 0 Å². The second-order valence-electron chi connectivity index (χ2n) is 9.10. The van der Waals surface area contributed by atoms with E-state index in [1.807, 2.05) is 6.92 Å². The van der Waals surface area contributed by atoms with Crippen molar-refractivity contribution in [3.8, 4) is 51.6 Å². The molecular formula is C29H28O10. The van der Waals surface area contributed by atoms with E-state index in [-0.39, 0.29) is 52.9 Å². The molecule has 0 saturated carbocycles. The Bertz CT molecular complexity index is 1580. The molecule has 0 spiro atoms. The maximum Gasteiger partial charge on any atom is 0.239 e. The molecule has 3 aromatic carbocycles. The smallest absolute Gasteiger partial charge is 0.239 e. The van der Waals surface area contributed by atoms with E-state index in [1.54, 1.807) is 30.3 Å². The number of phenols is 3. The summed E-state index contributed by atoms with van der Waals surface area (Å²) < 4.78 is 29.3. The molecule has 5 rings (SSSR count). The van der Waals surface area contributed by atoms with Crippen LogP contribution in [0.5, 0.6) is 40.2 Å². The van der Waals surface area contributed by atoms with Crippen LogP contribution in [-0.2, 0) is 0 Å². The lowest BCUT2D eigenvalue weighted by Gasteiger charge is -2.33. The molecule has 2 unspecified atom stereocenters. The van der Waals surface area contributed by atoms with Gasteiger partial charge in [0.15, 0.2) is 41.0 Å². The Morgan fingerprint density at radius 1 is 0.949 bits per heavy atom. The molecule has 4 aromatic rings. The summed E-state index contributed by atoms with van der Waals surface area (Å²) in [4.78, 5) is 13.4. The number of rotatable bonds is 8. The largest absolute Gasteiger partial charge is 0.508 e. The van der Waals surface area contributed by atoms with E-state index in [9.17, 15) is 25.2 Å². The Morgan fingerprint density at radius 2 is 1.77 bits per heavy atom. The highest BCUT2D eigenvalue weighted by atomic mass is 16.6. The fraction of sp³-hybridized carbons (Fsp3) is 0.276. The fourth-order valence-corrected chi connectivity index (χ4v) is 4.47. The van der Waals surface area contributed by atoms with Crippen LogP contribution >= 0.6 is 0 Å². The predicted molar refractivity (Wildman–Crippen MR) is 141 cm³/mol. The number of unbranched alkanes of at least 4 members (excludes halogenated alkanes) is 1. The van der Waals surface area contributed by atoms with Crippen molar-refractivity contribution >= 4 is 11.0 Å². The number of fused-ring (bicyclic) bond motifs is 2. The Balaban J connectivity index is 1.61. The van der Waals surface area contributed by atoms with Crippen LogP contribution in [0, 0.1) is 0 Å². The van der Waals surface area contributed by atoms with Crippen LogP contribution in [0.4, 0.5) is 0 Å². The quantitative estimate of drug-likeness (QED) is 0.235. The minimum absolute atomic E-state index is 0.0142. The lowest BCUT2D eigenvalue weighted by molar-refractivity contribution is -0.0123. The second-order valence-corrected chi connectivity index (χ2v) is 9.10. The van der Waals surface area contributed by atoms with Gasteiger partial charge in [-0.1, -0.05) is 19.4 Å². The first-order valence-electron chi connectivity index (χ1n) is 12.5. The molecule has 1 aromatic heterocycles. The van der Waals surface area contributed by atoms with Crippen molar-refractivity contribution in [2.45, 2.75) is 32.0 Å². The third-order valence-corrected chi connectivity index (χ3v) is 6.45. The first-order chi connectivity index (χ1) is 18.8. The van der Waals surface area contributed by atoms with Crippen LogP contribution in [0.25, 0.3) is 22.3 Å². The van der Waals surface area contributed by atoms with Crippen molar-refractivity contribution in [1.29, 1.82) is 0 Å². The van der Waals surface area contributed by atoms with Crippen LogP contribution in [0.1, 0.15) is 31.4 Å². The van der Waals surface area contributed by atoms with E-state index in [1.165, 1.54) is 19.2 Å². The van der Waals surface area contributed by atoms with Crippen molar-refractivity contribution < 1.29 is 43.8 Å².